The van der Waals surface area contributed by atoms with Crippen LogP contribution in [0.25, 0.3) is 0 Å². The fourth-order valence-electron chi connectivity index (χ4n) is 3.16. The molecule has 0 aromatic heterocycles. The molecule has 0 aromatic carbocycles. The summed E-state index contributed by atoms with van der Waals surface area (Å²) in [6.45, 7) is 8.76. The van der Waals surface area contributed by atoms with Crippen LogP contribution in [0.4, 0.5) is 0 Å². The number of rotatable bonds is 25. The van der Waals surface area contributed by atoms with E-state index in [0.717, 1.165) is 32.3 Å². The molecule has 5 nitrogen and oxygen atoms in total. The quantitative estimate of drug-likeness (QED) is 0.123. The summed E-state index contributed by atoms with van der Waals surface area (Å²) in [7, 11) is 0. The second kappa shape index (κ2) is 26.4. The summed E-state index contributed by atoms with van der Waals surface area (Å²) in [5, 5.41) is 0. The van der Waals surface area contributed by atoms with E-state index >= 15 is 0 Å². The Morgan fingerprint density at radius 1 is 0.467 bits per heavy atom. The monoisotopic (exact) mass is 430 g/mol. The number of hydrogen-bond donors (Lipinski definition) is 0. The van der Waals surface area contributed by atoms with Crippen LogP contribution in [0.2, 0.25) is 0 Å². The Morgan fingerprint density at radius 2 is 0.867 bits per heavy atom. The van der Waals surface area contributed by atoms with Gasteiger partial charge in [0, 0.05) is 19.6 Å². The third-order valence-corrected chi connectivity index (χ3v) is 5.07. The van der Waals surface area contributed by atoms with E-state index in [0.29, 0.717) is 52.5 Å². The van der Waals surface area contributed by atoms with Gasteiger partial charge in [0.2, 0.25) is 0 Å². The second-order valence-corrected chi connectivity index (χ2v) is 8.05. The first kappa shape index (κ1) is 29.4. The zero-order valence-electron chi connectivity index (χ0n) is 20.1. The lowest BCUT2D eigenvalue weighted by molar-refractivity contribution is -0.144. The maximum atomic E-state index is 11.5. The molecule has 0 aliphatic rings. The highest BCUT2D eigenvalue weighted by atomic mass is 16.5. The van der Waals surface area contributed by atoms with E-state index in [2.05, 4.69) is 13.8 Å². The third-order valence-electron chi connectivity index (χ3n) is 5.07. The topological polar surface area (TPSA) is 54.0 Å². The SMILES string of the molecule is CCCCCCCCCCCCOCCOCCOCCCC(=O)OCCCCC. The molecule has 0 aromatic rings. The Labute approximate surface area is 186 Å². The molecule has 180 valence electrons. The second-order valence-electron chi connectivity index (χ2n) is 8.05. The maximum Gasteiger partial charge on any atom is 0.305 e. The average Bonchev–Trinajstić information content (AvgIpc) is 2.75. The molecule has 0 saturated heterocycles. The van der Waals surface area contributed by atoms with Gasteiger partial charge in [0.15, 0.2) is 0 Å². The number of carbonyl (C=O) groups excluding carboxylic acids is 1. The molecule has 0 atom stereocenters. The first-order valence-corrected chi connectivity index (χ1v) is 12.7. The fraction of sp³-hybridized carbons (Fsp3) is 0.960. The van der Waals surface area contributed by atoms with Crippen LogP contribution in [0.3, 0.4) is 0 Å². The van der Waals surface area contributed by atoms with Crippen molar-refractivity contribution in [2.24, 2.45) is 0 Å². The lowest BCUT2D eigenvalue weighted by Gasteiger charge is -2.07. The first-order chi connectivity index (χ1) is 14.8. The van der Waals surface area contributed by atoms with Gasteiger partial charge in [-0.15, -0.1) is 0 Å². The Morgan fingerprint density at radius 3 is 1.43 bits per heavy atom. The lowest BCUT2D eigenvalue weighted by atomic mass is 10.1. The van der Waals surface area contributed by atoms with Crippen LogP contribution in [0.5, 0.6) is 0 Å². The predicted octanol–water partition coefficient (Wildman–Crippen LogP) is 6.47. The van der Waals surface area contributed by atoms with Gasteiger partial charge in [-0.05, 0) is 19.3 Å². The van der Waals surface area contributed by atoms with Crippen molar-refractivity contribution in [1.82, 2.24) is 0 Å². The molecule has 0 bridgehead atoms. The molecule has 0 radical (unpaired) electrons. The van der Waals surface area contributed by atoms with Gasteiger partial charge in [0.1, 0.15) is 0 Å². The van der Waals surface area contributed by atoms with Gasteiger partial charge in [-0.3, -0.25) is 4.79 Å². The zero-order valence-corrected chi connectivity index (χ0v) is 20.1. The van der Waals surface area contributed by atoms with Crippen molar-refractivity contribution in [3.8, 4) is 0 Å². The van der Waals surface area contributed by atoms with E-state index in [9.17, 15) is 4.79 Å². The van der Waals surface area contributed by atoms with Gasteiger partial charge in [-0.2, -0.15) is 0 Å². The van der Waals surface area contributed by atoms with Crippen LogP contribution in [-0.2, 0) is 23.7 Å². The van der Waals surface area contributed by atoms with E-state index in [4.69, 9.17) is 18.9 Å². The van der Waals surface area contributed by atoms with Crippen molar-refractivity contribution < 1.29 is 23.7 Å². The average molecular weight is 431 g/mol. The van der Waals surface area contributed by atoms with Gasteiger partial charge < -0.3 is 18.9 Å². The number of unbranched alkanes of at least 4 members (excludes halogenated alkanes) is 11. The Hall–Kier alpha value is -0.650. The van der Waals surface area contributed by atoms with Crippen molar-refractivity contribution >= 4 is 5.97 Å². The molecule has 0 unspecified atom stereocenters. The number of ether oxygens (including phenoxy) is 4. The molecular formula is C25H50O5. The summed E-state index contributed by atoms with van der Waals surface area (Å²) < 4.78 is 21.7. The summed E-state index contributed by atoms with van der Waals surface area (Å²) in [5.74, 6) is -0.120. The molecule has 0 spiro atoms. The lowest BCUT2D eigenvalue weighted by Crippen LogP contribution is -2.11. The fourth-order valence-corrected chi connectivity index (χ4v) is 3.16. The van der Waals surface area contributed by atoms with E-state index in [1.54, 1.807) is 0 Å². The van der Waals surface area contributed by atoms with E-state index in [-0.39, 0.29) is 5.97 Å². The Balaban J connectivity index is 3.07. The van der Waals surface area contributed by atoms with Crippen molar-refractivity contribution in [2.75, 3.05) is 46.2 Å². The van der Waals surface area contributed by atoms with Crippen LogP contribution >= 0.6 is 0 Å². The van der Waals surface area contributed by atoms with Gasteiger partial charge in [-0.25, -0.2) is 0 Å². The highest BCUT2D eigenvalue weighted by Gasteiger charge is 2.02. The standard InChI is InChI=1S/C25H50O5/c1-3-5-7-8-9-10-11-12-13-15-18-27-21-23-29-24-22-28-19-16-17-25(26)30-20-14-6-4-2/h3-24H2,1-2H3. The molecule has 0 fully saturated rings. The van der Waals surface area contributed by atoms with Crippen molar-refractivity contribution in [2.45, 2.75) is 110 Å². The molecular weight excluding hydrogens is 380 g/mol. The van der Waals surface area contributed by atoms with E-state index in [1.165, 1.54) is 57.8 Å². The number of carbonyl (C=O) groups is 1. The Bertz CT molecular complexity index is 336. The maximum absolute atomic E-state index is 11.5. The molecule has 0 rings (SSSR count). The smallest absolute Gasteiger partial charge is 0.305 e. The minimum atomic E-state index is -0.120. The van der Waals surface area contributed by atoms with Gasteiger partial charge in [-0.1, -0.05) is 84.5 Å². The highest BCUT2D eigenvalue weighted by molar-refractivity contribution is 5.69. The number of hydrogen-bond acceptors (Lipinski definition) is 5. The zero-order chi connectivity index (χ0) is 22.0. The molecule has 0 N–H and O–H groups in total. The molecule has 0 aliphatic heterocycles. The minimum absolute atomic E-state index is 0.120. The van der Waals surface area contributed by atoms with Crippen LogP contribution in [0, 0.1) is 0 Å². The van der Waals surface area contributed by atoms with Crippen molar-refractivity contribution in [1.29, 1.82) is 0 Å². The summed E-state index contributed by atoms with van der Waals surface area (Å²) in [4.78, 5) is 11.5. The predicted molar refractivity (Wildman–Crippen MR) is 124 cm³/mol. The van der Waals surface area contributed by atoms with Gasteiger partial charge >= 0.3 is 5.97 Å². The van der Waals surface area contributed by atoms with Crippen molar-refractivity contribution in [3.63, 3.8) is 0 Å². The third kappa shape index (κ3) is 25.4. The first-order valence-electron chi connectivity index (χ1n) is 12.7. The van der Waals surface area contributed by atoms with Gasteiger partial charge in [0.05, 0.1) is 33.0 Å². The van der Waals surface area contributed by atoms with Gasteiger partial charge in [0.25, 0.3) is 0 Å². The Kier molecular flexibility index (Phi) is 25.8. The molecule has 0 amide bonds. The van der Waals surface area contributed by atoms with Crippen LogP contribution in [-0.4, -0.2) is 52.2 Å². The molecule has 0 heterocycles. The van der Waals surface area contributed by atoms with Crippen LogP contribution in [0.15, 0.2) is 0 Å². The van der Waals surface area contributed by atoms with Crippen LogP contribution in [0.1, 0.15) is 110 Å². The molecule has 5 heteroatoms. The largest absolute Gasteiger partial charge is 0.466 e. The summed E-state index contributed by atoms with van der Waals surface area (Å²) in [6.07, 6.45) is 17.8. The molecule has 0 aliphatic carbocycles. The highest BCUT2D eigenvalue weighted by Crippen LogP contribution is 2.10. The van der Waals surface area contributed by atoms with Crippen LogP contribution < -0.4 is 0 Å². The minimum Gasteiger partial charge on any atom is -0.466 e. The summed E-state index contributed by atoms with van der Waals surface area (Å²) in [6, 6.07) is 0. The van der Waals surface area contributed by atoms with E-state index in [1.807, 2.05) is 0 Å². The van der Waals surface area contributed by atoms with Crippen molar-refractivity contribution in [3.05, 3.63) is 0 Å². The summed E-state index contributed by atoms with van der Waals surface area (Å²) >= 11 is 0. The normalized spacial score (nSPS) is 11.1. The summed E-state index contributed by atoms with van der Waals surface area (Å²) in [5.41, 5.74) is 0. The molecule has 30 heavy (non-hydrogen) atoms. The number of esters is 1. The molecule has 0 saturated carbocycles. The van der Waals surface area contributed by atoms with E-state index < -0.39 is 0 Å².